The first kappa shape index (κ1) is 91.6. The van der Waals surface area contributed by atoms with Crippen molar-refractivity contribution in [2.24, 2.45) is 0 Å². The lowest BCUT2D eigenvalue weighted by atomic mass is 10.0. The number of nitrogens with zero attached hydrogens (tertiary/aromatic N) is 12. The van der Waals surface area contributed by atoms with Gasteiger partial charge in [-0.25, -0.2) is 8.78 Å². The lowest BCUT2D eigenvalue weighted by Gasteiger charge is -2.17. The third kappa shape index (κ3) is 32.0. The number of benzene rings is 5. The van der Waals surface area contributed by atoms with Crippen LogP contribution >= 0.6 is 0 Å². The van der Waals surface area contributed by atoms with Gasteiger partial charge in [-0.05, 0) is 230 Å². The van der Waals surface area contributed by atoms with E-state index in [-0.39, 0.29) is 30.4 Å². The highest BCUT2D eigenvalue weighted by Gasteiger charge is 2.19. The minimum absolute atomic E-state index is 0.0792. The number of aromatic amines is 3. The molecule has 0 bridgehead atoms. The van der Waals surface area contributed by atoms with Crippen molar-refractivity contribution in [3.05, 3.63) is 208 Å². The Morgan fingerprint density at radius 3 is 1.24 bits per heavy atom. The highest BCUT2D eigenvalue weighted by molar-refractivity contribution is 5.68. The summed E-state index contributed by atoms with van der Waals surface area (Å²) < 4.78 is 30.6. The van der Waals surface area contributed by atoms with Gasteiger partial charge in [-0.3, -0.25) is 24.7 Å². The highest BCUT2D eigenvalue weighted by Crippen LogP contribution is 2.30. The topological polar surface area (TPSA) is 199 Å². The predicted molar refractivity (Wildman–Crippen MR) is 455 cm³/mol. The maximum Gasteiger partial charge on any atom is 0.123 e. The largest absolute Gasteiger partial charge is 0.393 e. The first-order chi connectivity index (χ1) is 53.6. The van der Waals surface area contributed by atoms with Crippen LogP contribution in [0.5, 0.6) is 0 Å². The molecular formula is C91H135F2N15O3. The van der Waals surface area contributed by atoms with Crippen molar-refractivity contribution in [1.29, 1.82) is 0 Å². The van der Waals surface area contributed by atoms with Gasteiger partial charge in [0.2, 0.25) is 0 Å². The highest BCUT2D eigenvalue weighted by atomic mass is 19.1. The molecule has 0 aliphatic rings. The minimum atomic E-state index is -0.250. The van der Waals surface area contributed by atoms with Gasteiger partial charge < -0.3 is 39.8 Å². The number of aliphatic hydroxyl groups is 3. The van der Waals surface area contributed by atoms with Crippen LogP contribution in [-0.4, -0.2) is 170 Å². The van der Waals surface area contributed by atoms with Crippen molar-refractivity contribution < 1.29 is 24.1 Å². The van der Waals surface area contributed by atoms with Crippen molar-refractivity contribution in [2.75, 3.05) is 68.0 Å². The Bertz CT molecular complexity index is 4090. The zero-order valence-electron chi connectivity index (χ0n) is 70.0. The molecule has 2 unspecified atom stereocenters. The van der Waals surface area contributed by atoms with Crippen LogP contribution in [0.2, 0.25) is 0 Å². The van der Waals surface area contributed by atoms with Gasteiger partial charge in [-0.1, -0.05) is 158 Å². The Balaban J connectivity index is 0.000000218. The number of unbranched alkanes of at least 4 members (excludes halogenated alkanes) is 5. The van der Waals surface area contributed by atoms with E-state index >= 15 is 0 Å². The van der Waals surface area contributed by atoms with E-state index in [4.69, 9.17) is 10.2 Å². The monoisotopic (exact) mass is 1520 g/mol. The second-order valence-corrected chi connectivity index (χ2v) is 30.2. The molecule has 0 aliphatic heterocycles. The molecule has 111 heavy (non-hydrogen) atoms. The average molecular weight is 1530 g/mol. The quantitative estimate of drug-likeness (QED) is 0.0212. The van der Waals surface area contributed by atoms with Gasteiger partial charge in [0.1, 0.15) is 11.6 Å². The number of aryl methyl sites for hydroxylation is 5. The standard InChI is InChI=1S/2C21H32FN3O.C17H25N3.C16H23N3O.C16H23N3/c1-4-6-13-24(3)15-18-16-25(14-7-8-20(26)5-2)23-21(18)17-9-11-19(22)12-10-17;1-4-6-13-24(3)16-18-15-23-25(14-7-8-20(26)5-2)21(18)17-9-11-19(22)12-10-17;1-5-6-9-20(4)12-15-11-18-19-17(15)16-8-7-13(2)10-14(16)3;1-3-4-9-19(2)11-15-10-17-18-16(15)14-7-5-13(12-20)6-8-14;1-4-5-10-19(3)12-15-11-17-18-16(15)14-8-6-13(2)7-9-14/h9-12,16,20,26H,4-8,13-15H2,1-3H3;9-12,15,20,26H,4-8,13-14,16H2,1-3H3;7-8,10-11H,5-6,9,12H2,1-4H3,(H,18,19);5-8,10,20H,3-4,9,11-12H2,1-2H3,(H,17,18);6-9,11H,4-5,10,12H2,1-3H3,(H,17,18). The van der Waals surface area contributed by atoms with Crippen LogP contribution in [0.3, 0.4) is 0 Å². The Morgan fingerprint density at radius 2 is 0.811 bits per heavy atom. The molecule has 5 heterocycles. The number of aliphatic hydroxyl groups excluding tert-OH is 3. The summed E-state index contributed by atoms with van der Waals surface area (Å²) in [5, 5.41) is 59.9. The number of hydrogen-bond acceptors (Lipinski definition) is 13. The van der Waals surface area contributed by atoms with Crippen molar-refractivity contribution in [1.82, 2.24) is 74.7 Å². The zero-order chi connectivity index (χ0) is 80.5. The van der Waals surface area contributed by atoms with Gasteiger partial charge in [-0.2, -0.15) is 25.5 Å². The van der Waals surface area contributed by atoms with Crippen molar-refractivity contribution in [3.8, 4) is 56.3 Å². The lowest BCUT2D eigenvalue weighted by molar-refractivity contribution is 0.155. The molecule has 18 nitrogen and oxygen atoms in total. The van der Waals surface area contributed by atoms with E-state index in [0.717, 1.165) is 179 Å². The molecule has 0 fully saturated rings. The Morgan fingerprint density at radius 1 is 0.423 bits per heavy atom. The van der Waals surface area contributed by atoms with Gasteiger partial charge in [0.05, 0.1) is 72.1 Å². The molecule has 20 heteroatoms. The molecule has 6 N–H and O–H groups in total. The van der Waals surface area contributed by atoms with Gasteiger partial charge in [0.15, 0.2) is 0 Å². The predicted octanol–water partition coefficient (Wildman–Crippen LogP) is 19.3. The molecule has 5 aromatic heterocycles. The van der Waals surface area contributed by atoms with Crippen LogP contribution in [0, 0.1) is 32.4 Å². The van der Waals surface area contributed by atoms with Gasteiger partial charge in [0, 0.05) is 96.5 Å². The number of H-pyrrole nitrogens is 3. The third-order valence-corrected chi connectivity index (χ3v) is 20.0. The SMILES string of the molecule is CCCCN(C)Cc1cn(CCCC(O)CC)nc1-c1ccc(F)cc1.CCCCN(C)Cc1cn[nH]c1-c1ccc(C)cc1.CCCCN(C)Cc1cn[nH]c1-c1ccc(C)cc1C.CCCCN(C)Cc1cn[nH]c1-c1ccc(CO)cc1.CCCCN(C)Cc1cnn(CCCC(O)CC)c1-c1ccc(F)cc1. The average Bonchev–Trinajstić information content (AvgIpc) is 1.69. The zero-order valence-corrected chi connectivity index (χ0v) is 70.0. The number of halogens is 2. The molecule has 606 valence electrons. The van der Waals surface area contributed by atoms with E-state index < -0.39 is 0 Å². The molecule has 0 spiro atoms. The molecule has 0 saturated heterocycles. The molecule has 0 saturated carbocycles. The molecule has 5 aromatic carbocycles. The summed E-state index contributed by atoms with van der Waals surface area (Å²) in [6.07, 6.45) is 26.3. The third-order valence-electron chi connectivity index (χ3n) is 20.0. The number of rotatable bonds is 41. The summed E-state index contributed by atoms with van der Waals surface area (Å²) in [4.78, 5) is 11.6. The second kappa shape index (κ2) is 50.6. The summed E-state index contributed by atoms with van der Waals surface area (Å²) in [7, 11) is 10.7. The molecular weight excluding hydrogens is 1390 g/mol. The van der Waals surface area contributed by atoms with E-state index in [2.05, 4.69) is 199 Å². The fourth-order valence-corrected chi connectivity index (χ4v) is 13.2. The van der Waals surface area contributed by atoms with E-state index in [1.54, 1.807) is 12.1 Å². The molecule has 10 aromatic rings. The summed E-state index contributed by atoms with van der Waals surface area (Å²) in [6, 6.07) is 36.3. The van der Waals surface area contributed by atoms with E-state index in [1.165, 1.54) is 133 Å². The molecule has 0 aliphatic carbocycles. The van der Waals surface area contributed by atoms with E-state index in [0.29, 0.717) is 0 Å². The van der Waals surface area contributed by atoms with Gasteiger partial charge >= 0.3 is 0 Å². The van der Waals surface area contributed by atoms with Crippen molar-refractivity contribution >= 4 is 0 Å². The van der Waals surface area contributed by atoms with Gasteiger partial charge in [0.25, 0.3) is 0 Å². The van der Waals surface area contributed by atoms with Crippen LogP contribution in [-0.2, 0) is 52.4 Å². The maximum absolute atomic E-state index is 13.4. The van der Waals surface area contributed by atoms with Crippen LogP contribution < -0.4 is 0 Å². The first-order valence-corrected chi connectivity index (χ1v) is 41.0. The van der Waals surface area contributed by atoms with Gasteiger partial charge in [-0.15, -0.1) is 0 Å². The fourth-order valence-electron chi connectivity index (χ4n) is 13.2. The number of nitrogens with one attached hydrogen (secondary N) is 3. The van der Waals surface area contributed by atoms with Crippen LogP contribution in [0.4, 0.5) is 8.78 Å². The van der Waals surface area contributed by atoms with Crippen LogP contribution in [0.1, 0.15) is 201 Å². The molecule has 0 radical (unpaired) electrons. The Labute approximate surface area is 664 Å². The summed E-state index contributed by atoms with van der Waals surface area (Å²) >= 11 is 0. The Hall–Kier alpha value is -8.31. The van der Waals surface area contributed by atoms with Crippen LogP contribution in [0.25, 0.3) is 56.3 Å². The normalized spacial score (nSPS) is 11.9. The Kier molecular flexibility index (Phi) is 41.8. The first-order valence-electron chi connectivity index (χ1n) is 41.0. The second-order valence-electron chi connectivity index (χ2n) is 30.2. The lowest BCUT2D eigenvalue weighted by Crippen LogP contribution is -2.19. The van der Waals surface area contributed by atoms with Crippen molar-refractivity contribution in [2.45, 2.75) is 237 Å². The summed E-state index contributed by atoms with van der Waals surface area (Å²) in [6.45, 7) is 32.9. The molecule has 2 atom stereocenters. The number of hydrogen-bond donors (Lipinski definition) is 6. The van der Waals surface area contributed by atoms with E-state index in [1.807, 2.05) is 84.4 Å². The smallest absolute Gasteiger partial charge is 0.123 e. The fraction of sp³-hybridized carbons (Fsp3) is 0.505. The maximum atomic E-state index is 13.4. The van der Waals surface area contributed by atoms with Crippen LogP contribution in [0.15, 0.2) is 146 Å². The van der Waals surface area contributed by atoms with Crippen molar-refractivity contribution in [3.63, 3.8) is 0 Å². The van der Waals surface area contributed by atoms with E-state index in [9.17, 15) is 19.0 Å². The summed E-state index contributed by atoms with van der Waals surface area (Å²) in [5.41, 5.74) is 21.7. The molecule has 10 rings (SSSR count). The molecule has 0 amide bonds. The number of aromatic nitrogens is 10. The minimum Gasteiger partial charge on any atom is -0.393 e. The summed E-state index contributed by atoms with van der Waals surface area (Å²) in [5.74, 6) is -0.462.